The molecule has 3 atom stereocenters. The summed E-state index contributed by atoms with van der Waals surface area (Å²) in [6, 6.07) is -0.695. The van der Waals surface area contributed by atoms with Crippen molar-refractivity contribution in [1.29, 1.82) is 0 Å². The fourth-order valence-electron chi connectivity index (χ4n) is 9.02. The number of aliphatic hydroxyl groups is 2. The van der Waals surface area contributed by atoms with E-state index in [-0.39, 0.29) is 24.9 Å². The van der Waals surface area contributed by atoms with Gasteiger partial charge in [-0.05, 0) is 51.4 Å². The molecule has 0 aromatic rings. The van der Waals surface area contributed by atoms with E-state index in [1.165, 1.54) is 225 Å². The summed E-state index contributed by atoms with van der Waals surface area (Å²) in [6.07, 6.45) is 58.5. The number of nitrogens with one attached hydrogen (secondary N) is 1. The number of esters is 1. The van der Waals surface area contributed by atoms with Gasteiger partial charge in [-0.2, -0.15) is 0 Å². The Hall–Kier alpha value is -1.40. The van der Waals surface area contributed by atoms with Crippen molar-refractivity contribution in [2.75, 3.05) is 6.61 Å². The number of aliphatic hydroxyl groups excluding tert-OH is 2. The zero-order chi connectivity index (χ0) is 45.9. The number of allylic oxidation sites excluding steroid dienone is 2. The fourth-order valence-corrected chi connectivity index (χ4v) is 9.02. The van der Waals surface area contributed by atoms with E-state index in [1.54, 1.807) is 0 Å². The second-order valence-electron chi connectivity index (χ2n) is 19.7. The second kappa shape index (κ2) is 51.6. The predicted octanol–water partition coefficient (Wildman–Crippen LogP) is 17.3. The minimum atomic E-state index is -0.781. The van der Waals surface area contributed by atoms with E-state index in [2.05, 4.69) is 38.2 Å². The van der Waals surface area contributed by atoms with Gasteiger partial charge in [0.15, 0.2) is 0 Å². The molecule has 3 N–H and O–H groups in total. The fraction of sp³-hybridized carbons (Fsp3) is 0.930. The first-order chi connectivity index (χ1) is 31.0. The smallest absolute Gasteiger partial charge is 0.306 e. The van der Waals surface area contributed by atoms with Gasteiger partial charge in [0.05, 0.1) is 25.2 Å². The summed E-state index contributed by atoms with van der Waals surface area (Å²) in [7, 11) is 0. The minimum absolute atomic E-state index is 0.0846. The molecule has 0 saturated heterocycles. The zero-order valence-electron chi connectivity index (χ0n) is 42.7. The lowest BCUT2D eigenvalue weighted by Crippen LogP contribution is -2.46. The number of hydrogen-bond acceptors (Lipinski definition) is 5. The van der Waals surface area contributed by atoms with Crippen molar-refractivity contribution in [1.82, 2.24) is 5.32 Å². The van der Waals surface area contributed by atoms with Gasteiger partial charge in [-0.25, -0.2) is 0 Å². The third-order valence-corrected chi connectivity index (χ3v) is 13.3. The van der Waals surface area contributed by atoms with Crippen molar-refractivity contribution in [3.05, 3.63) is 12.2 Å². The second-order valence-corrected chi connectivity index (χ2v) is 19.7. The monoisotopic (exact) mass is 890 g/mol. The van der Waals surface area contributed by atoms with Crippen LogP contribution in [0.5, 0.6) is 0 Å². The van der Waals surface area contributed by atoms with Crippen molar-refractivity contribution in [2.24, 2.45) is 0 Å². The van der Waals surface area contributed by atoms with E-state index in [0.717, 1.165) is 44.9 Å². The standard InChI is InChI=1S/C57H111NO5/c1-4-7-10-13-16-19-22-24-26-27-28-29-31-33-35-38-41-44-47-50-57(62)63-53(48-45-42-39-36-34-32-30-25-23-20-17-14-11-8-5-2)51-56(61)58-54(52-59)55(60)49-46-43-40-37-21-18-15-12-9-6-3/h24,26,53-55,59-60H,4-23,25,27-52H2,1-3H3,(H,58,61)/b26-24+. The quantitative estimate of drug-likeness (QED) is 0.0321. The van der Waals surface area contributed by atoms with E-state index in [0.29, 0.717) is 19.3 Å². The van der Waals surface area contributed by atoms with Crippen molar-refractivity contribution in [2.45, 2.75) is 334 Å². The maximum absolute atomic E-state index is 13.2. The summed E-state index contributed by atoms with van der Waals surface area (Å²) in [6.45, 7) is 6.51. The van der Waals surface area contributed by atoms with Gasteiger partial charge in [0.25, 0.3) is 0 Å². The van der Waals surface area contributed by atoms with Gasteiger partial charge < -0.3 is 20.3 Å². The van der Waals surface area contributed by atoms with Gasteiger partial charge in [-0.3, -0.25) is 9.59 Å². The van der Waals surface area contributed by atoms with E-state index in [1.807, 2.05) is 0 Å². The van der Waals surface area contributed by atoms with Gasteiger partial charge in [-0.1, -0.05) is 264 Å². The van der Waals surface area contributed by atoms with Crippen molar-refractivity contribution >= 4 is 11.9 Å². The van der Waals surface area contributed by atoms with Gasteiger partial charge in [-0.15, -0.1) is 0 Å². The molecule has 374 valence electrons. The molecule has 6 heteroatoms. The van der Waals surface area contributed by atoms with Gasteiger partial charge in [0, 0.05) is 6.42 Å². The summed E-state index contributed by atoms with van der Waals surface area (Å²) in [5.41, 5.74) is 0. The van der Waals surface area contributed by atoms with E-state index in [4.69, 9.17) is 4.74 Å². The maximum Gasteiger partial charge on any atom is 0.306 e. The molecule has 0 saturated carbocycles. The average Bonchev–Trinajstić information content (AvgIpc) is 3.28. The topological polar surface area (TPSA) is 95.9 Å². The van der Waals surface area contributed by atoms with Crippen LogP contribution in [0.4, 0.5) is 0 Å². The maximum atomic E-state index is 13.2. The van der Waals surface area contributed by atoms with Crippen molar-refractivity contribution in [3.63, 3.8) is 0 Å². The molecule has 0 rings (SSSR count). The van der Waals surface area contributed by atoms with Crippen LogP contribution in [0.25, 0.3) is 0 Å². The number of carbonyl (C=O) groups is 2. The molecule has 6 nitrogen and oxygen atoms in total. The Balaban J connectivity index is 4.47. The molecule has 0 heterocycles. The Kier molecular flexibility index (Phi) is 50.4. The van der Waals surface area contributed by atoms with Crippen LogP contribution in [0.3, 0.4) is 0 Å². The third kappa shape index (κ3) is 46.9. The highest BCUT2D eigenvalue weighted by Gasteiger charge is 2.24. The Morgan fingerprint density at radius 2 is 0.762 bits per heavy atom. The molecular weight excluding hydrogens is 779 g/mol. The summed E-state index contributed by atoms with van der Waals surface area (Å²) < 4.78 is 5.96. The third-order valence-electron chi connectivity index (χ3n) is 13.3. The summed E-state index contributed by atoms with van der Waals surface area (Å²) in [4.78, 5) is 26.2. The largest absolute Gasteiger partial charge is 0.462 e. The Morgan fingerprint density at radius 1 is 0.444 bits per heavy atom. The van der Waals surface area contributed by atoms with Gasteiger partial charge in [0.2, 0.25) is 5.91 Å². The molecular formula is C57H111NO5. The van der Waals surface area contributed by atoms with E-state index >= 15 is 0 Å². The van der Waals surface area contributed by atoms with Crippen LogP contribution in [-0.4, -0.2) is 46.9 Å². The van der Waals surface area contributed by atoms with Crippen molar-refractivity contribution < 1.29 is 24.5 Å². The molecule has 0 aromatic heterocycles. The normalized spacial score (nSPS) is 13.2. The lowest BCUT2D eigenvalue weighted by molar-refractivity contribution is -0.151. The molecule has 0 spiro atoms. The van der Waals surface area contributed by atoms with Gasteiger partial charge in [0.1, 0.15) is 6.10 Å². The van der Waals surface area contributed by atoms with Crippen LogP contribution in [-0.2, 0) is 14.3 Å². The highest BCUT2D eigenvalue weighted by atomic mass is 16.5. The molecule has 0 aliphatic heterocycles. The van der Waals surface area contributed by atoms with Crippen LogP contribution in [0.1, 0.15) is 316 Å². The molecule has 0 aliphatic rings. The molecule has 0 bridgehead atoms. The van der Waals surface area contributed by atoms with Crippen molar-refractivity contribution in [3.8, 4) is 0 Å². The Labute approximate surface area is 393 Å². The van der Waals surface area contributed by atoms with Crippen LogP contribution >= 0.6 is 0 Å². The summed E-state index contributed by atoms with van der Waals surface area (Å²) >= 11 is 0. The molecule has 1 amide bonds. The number of unbranched alkanes of at least 4 members (excludes halogenated alkanes) is 38. The first-order valence-electron chi connectivity index (χ1n) is 28.4. The molecule has 0 radical (unpaired) electrons. The highest BCUT2D eigenvalue weighted by molar-refractivity contribution is 5.77. The first-order valence-corrected chi connectivity index (χ1v) is 28.4. The van der Waals surface area contributed by atoms with E-state index < -0.39 is 18.2 Å². The van der Waals surface area contributed by atoms with Crippen LogP contribution in [0.15, 0.2) is 12.2 Å². The molecule has 0 aromatic carbocycles. The predicted molar refractivity (Wildman–Crippen MR) is 273 cm³/mol. The molecule has 0 aliphatic carbocycles. The number of amides is 1. The lowest BCUT2D eigenvalue weighted by atomic mass is 10.0. The summed E-state index contributed by atoms with van der Waals surface area (Å²) in [5, 5.41) is 23.8. The minimum Gasteiger partial charge on any atom is -0.462 e. The Bertz CT molecular complexity index is 955. The Morgan fingerprint density at radius 3 is 1.13 bits per heavy atom. The van der Waals surface area contributed by atoms with Crippen LogP contribution in [0, 0.1) is 0 Å². The van der Waals surface area contributed by atoms with E-state index in [9.17, 15) is 19.8 Å². The number of carbonyl (C=O) groups excluding carboxylic acids is 2. The average molecular weight is 891 g/mol. The molecule has 0 fully saturated rings. The first kappa shape index (κ1) is 61.6. The van der Waals surface area contributed by atoms with Crippen LogP contribution < -0.4 is 5.32 Å². The molecule has 63 heavy (non-hydrogen) atoms. The summed E-state index contributed by atoms with van der Waals surface area (Å²) in [5.74, 6) is -0.454. The highest BCUT2D eigenvalue weighted by Crippen LogP contribution is 2.19. The van der Waals surface area contributed by atoms with Gasteiger partial charge >= 0.3 is 5.97 Å². The zero-order valence-corrected chi connectivity index (χ0v) is 42.7. The number of ether oxygens (including phenoxy) is 1. The number of rotatable bonds is 52. The number of hydrogen-bond donors (Lipinski definition) is 3. The molecule has 3 unspecified atom stereocenters. The lowest BCUT2D eigenvalue weighted by Gasteiger charge is -2.24. The SMILES string of the molecule is CCCCCCCC/C=C/CCCCCCCCCCCC(=O)OC(CCCCCCCCCCCCCCCCC)CC(=O)NC(CO)C(O)CCCCCCCCCCCC. The van der Waals surface area contributed by atoms with Crippen LogP contribution in [0.2, 0.25) is 0 Å².